The molecule has 0 aromatic rings. The van der Waals surface area contributed by atoms with Crippen molar-refractivity contribution in [3.63, 3.8) is 0 Å². The number of phosphoric acid groups is 2. The average molecular weight is 1420 g/mol. The summed E-state index contributed by atoms with van der Waals surface area (Å²) >= 11 is 0. The lowest BCUT2D eigenvalue weighted by atomic mass is 9.99. The molecule has 0 aliphatic heterocycles. The third kappa shape index (κ3) is 70.4. The van der Waals surface area contributed by atoms with Crippen molar-refractivity contribution in [3.8, 4) is 0 Å². The molecule has 0 bridgehead atoms. The first-order valence-corrected chi connectivity index (χ1v) is 42.8. The van der Waals surface area contributed by atoms with Gasteiger partial charge < -0.3 is 33.8 Å². The van der Waals surface area contributed by atoms with Crippen LogP contribution in [0.5, 0.6) is 0 Å². The highest BCUT2D eigenvalue weighted by atomic mass is 31.2. The molecule has 3 N–H and O–H groups in total. The lowest BCUT2D eigenvalue weighted by molar-refractivity contribution is -0.161. The van der Waals surface area contributed by atoms with Gasteiger partial charge in [0.15, 0.2) is 12.2 Å². The number of carbonyl (C=O) groups is 4. The number of aliphatic hydroxyl groups excluding tert-OH is 1. The third-order valence-electron chi connectivity index (χ3n) is 17.9. The van der Waals surface area contributed by atoms with Gasteiger partial charge in [-0.3, -0.25) is 37.3 Å². The molecule has 0 fully saturated rings. The molecule has 97 heavy (non-hydrogen) atoms. The zero-order chi connectivity index (χ0) is 71.4. The summed E-state index contributed by atoms with van der Waals surface area (Å²) in [4.78, 5) is 72.9. The molecular weight excluding hydrogens is 1270 g/mol. The van der Waals surface area contributed by atoms with Gasteiger partial charge in [-0.1, -0.05) is 329 Å². The molecule has 0 radical (unpaired) electrons. The van der Waals surface area contributed by atoms with Crippen molar-refractivity contribution in [2.45, 2.75) is 400 Å². The number of aliphatic hydroxyl groups is 1. The van der Waals surface area contributed by atoms with Crippen LogP contribution in [-0.2, 0) is 65.4 Å². The molecule has 0 saturated carbocycles. The Kier molecular flexibility index (Phi) is 67.5. The lowest BCUT2D eigenvalue weighted by Crippen LogP contribution is -2.30. The number of allylic oxidation sites excluding steroid dienone is 4. The first-order valence-electron chi connectivity index (χ1n) is 39.8. The van der Waals surface area contributed by atoms with E-state index in [0.717, 1.165) is 121 Å². The standard InChI is InChI=1S/C78H148O17P2/c1-7-10-12-14-16-18-20-22-24-29-32-36-42-48-54-60-75(80)88-66-73(94-77(82)63-57-51-44-38-34-30-26-25-27-31-35-41-47-53-59-71(6)9-3)68-92-96(84,85)90-64-72(79)65-91-97(86,87)93-69-74(67-89-76(81)61-55-49-45-39-40-46-52-58-70(4)5)95-78(83)62-56-50-43-37-33-28-23-21-19-17-15-13-11-8-2/h18,20,22,24,70-74,79H,7-17,19,21,23,25-69H2,1-6H3,(H,84,85)(H,86,87)/b20-18-,24-22-/t71?,72-,73-,74-/m1/s1. The van der Waals surface area contributed by atoms with Gasteiger partial charge in [0.25, 0.3) is 0 Å². The lowest BCUT2D eigenvalue weighted by Gasteiger charge is -2.21. The minimum atomic E-state index is -4.97. The number of hydrogen-bond donors (Lipinski definition) is 3. The van der Waals surface area contributed by atoms with E-state index in [0.29, 0.717) is 31.6 Å². The fourth-order valence-corrected chi connectivity index (χ4v) is 13.0. The normalized spacial score (nSPS) is 14.4. The van der Waals surface area contributed by atoms with Crippen LogP contribution in [0.25, 0.3) is 0 Å². The fraction of sp³-hybridized carbons (Fsp3) is 0.897. The Bertz CT molecular complexity index is 1970. The molecule has 0 aromatic carbocycles. The van der Waals surface area contributed by atoms with Crippen LogP contribution in [-0.4, -0.2) is 96.7 Å². The minimum absolute atomic E-state index is 0.101. The second-order valence-corrected chi connectivity index (χ2v) is 31.0. The second kappa shape index (κ2) is 69.3. The highest BCUT2D eigenvalue weighted by Gasteiger charge is 2.30. The molecule has 0 aliphatic rings. The van der Waals surface area contributed by atoms with Crippen LogP contribution >= 0.6 is 15.6 Å². The maximum absolute atomic E-state index is 13.1. The Morgan fingerprint density at radius 2 is 0.608 bits per heavy atom. The first-order chi connectivity index (χ1) is 46.9. The van der Waals surface area contributed by atoms with Gasteiger partial charge >= 0.3 is 39.5 Å². The van der Waals surface area contributed by atoms with Crippen molar-refractivity contribution in [2.24, 2.45) is 11.8 Å². The van der Waals surface area contributed by atoms with Crippen molar-refractivity contribution >= 4 is 39.5 Å². The van der Waals surface area contributed by atoms with Crippen LogP contribution < -0.4 is 0 Å². The van der Waals surface area contributed by atoms with E-state index in [2.05, 4.69) is 65.8 Å². The number of esters is 4. The van der Waals surface area contributed by atoms with E-state index in [-0.39, 0.29) is 25.7 Å². The van der Waals surface area contributed by atoms with E-state index >= 15 is 0 Å². The van der Waals surface area contributed by atoms with Crippen molar-refractivity contribution in [3.05, 3.63) is 24.3 Å². The van der Waals surface area contributed by atoms with E-state index in [1.807, 2.05) is 0 Å². The van der Waals surface area contributed by atoms with E-state index < -0.39 is 97.5 Å². The Balaban J connectivity index is 5.28. The maximum atomic E-state index is 13.1. The van der Waals surface area contributed by atoms with Gasteiger partial charge in [0, 0.05) is 25.7 Å². The third-order valence-corrected chi connectivity index (χ3v) is 19.8. The number of carbonyl (C=O) groups excluding carboxylic acids is 4. The fourth-order valence-electron chi connectivity index (χ4n) is 11.4. The summed E-state index contributed by atoms with van der Waals surface area (Å²) in [6.45, 7) is 9.54. The van der Waals surface area contributed by atoms with Gasteiger partial charge in [-0.2, -0.15) is 0 Å². The highest BCUT2D eigenvalue weighted by Crippen LogP contribution is 2.45. The quantitative estimate of drug-likeness (QED) is 0.0169. The van der Waals surface area contributed by atoms with E-state index in [4.69, 9.17) is 37.0 Å². The molecule has 0 aliphatic carbocycles. The Morgan fingerprint density at radius 1 is 0.340 bits per heavy atom. The molecule has 0 amide bonds. The Hall–Kier alpha value is -2.46. The van der Waals surface area contributed by atoms with Crippen LogP contribution in [0, 0.1) is 11.8 Å². The molecule has 6 atom stereocenters. The largest absolute Gasteiger partial charge is 0.472 e. The number of hydrogen-bond acceptors (Lipinski definition) is 15. The maximum Gasteiger partial charge on any atom is 0.472 e. The average Bonchev–Trinajstić information content (AvgIpc) is 1.50. The highest BCUT2D eigenvalue weighted by molar-refractivity contribution is 7.47. The monoisotopic (exact) mass is 1420 g/mol. The van der Waals surface area contributed by atoms with Gasteiger partial charge in [-0.15, -0.1) is 0 Å². The molecule has 572 valence electrons. The summed E-state index contributed by atoms with van der Waals surface area (Å²) in [5.41, 5.74) is 0. The smallest absolute Gasteiger partial charge is 0.462 e. The van der Waals surface area contributed by atoms with Gasteiger partial charge in [-0.05, 0) is 63.2 Å². The zero-order valence-corrected chi connectivity index (χ0v) is 64.7. The van der Waals surface area contributed by atoms with Crippen LogP contribution in [0.4, 0.5) is 0 Å². The van der Waals surface area contributed by atoms with E-state index in [1.165, 1.54) is 173 Å². The zero-order valence-electron chi connectivity index (χ0n) is 62.9. The first kappa shape index (κ1) is 94.5. The SMILES string of the molecule is CCCCCC/C=C\C=C/CCCCCCCC(=O)OC[C@H](COP(=O)(O)OC[C@@H](O)COP(=O)(O)OC[C@@H](COC(=O)CCCCCCCCCC(C)C)OC(=O)CCCCCCCCCCCCCCCC)OC(=O)CCCCCCCCCCCCCCCCC(C)CC. The van der Waals surface area contributed by atoms with Crippen molar-refractivity contribution < 1.29 is 80.2 Å². The predicted molar refractivity (Wildman–Crippen MR) is 395 cm³/mol. The van der Waals surface area contributed by atoms with Gasteiger partial charge in [0.05, 0.1) is 26.4 Å². The number of rotatable bonds is 75. The molecular formula is C78H148O17P2. The Labute approximate surface area is 592 Å². The second-order valence-electron chi connectivity index (χ2n) is 28.1. The molecule has 3 unspecified atom stereocenters. The number of phosphoric ester groups is 2. The molecule has 0 aromatic heterocycles. The topological polar surface area (TPSA) is 237 Å². The summed E-state index contributed by atoms with van der Waals surface area (Å²) in [5.74, 6) is -0.596. The molecule has 0 heterocycles. The van der Waals surface area contributed by atoms with Crippen molar-refractivity contribution in [1.29, 1.82) is 0 Å². The molecule has 0 saturated heterocycles. The molecule has 19 heteroatoms. The Morgan fingerprint density at radius 3 is 0.928 bits per heavy atom. The molecule has 17 nitrogen and oxygen atoms in total. The van der Waals surface area contributed by atoms with Crippen LogP contribution in [0.2, 0.25) is 0 Å². The van der Waals surface area contributed by atoms with Crippen LogP contribution in [0.1, 0.15) is 382 Å². The van der Waals surface area contributed by atoms with Crippen LogP contribution in [0.3, 0.4) is 0 Å². The van der Waals surface area contributed by atoms with Gasteiger partial charge in [0.1, 0.15) is 19.3 Å². The summed E-state index contributed by atoms with van der Waals surface area (Å²) < 4.78 is 68.5. The minimum Gasteiger partial charge on any atom is -0.462 e. The van der Waals surface area contributed by atoms with E-state index in [1.54, 1.807) is 0 Å². The van der Waals surface area contributed by atoms with Crippen molar-refractivity contribution in [2.75, 3.05) is 39.6 Å². The van der Waals surface area contributed by atoms with Crippen LogP contribution in [0.15, 0.2) is 24.3 Å². The van der Waals surface area contributed by atoms with Gasteiger partial charge in [-0.25, -0.2) is 9.13 Å². The summed E-state index contributed by atoms with van der Waals surface area (Å²) in [6, 6.07) is 0. The summed E-state index contributed by atoms with van der Waals surface area (Å²) in [6.07, 6.45) is 60.4. The van der Waals surface area contributed by atoms with Crippen molar-refractivity contribution in [1.82, 2.24) is 0 Å². The summed E-state index contributed by atoms with van der Waals surface area (Å²) in [7, 11) is -9.93. The molecule has 0 rings (SSSR count). The molecule has 0 spiro atoms. The van der Waals surface area contributed by atoms with E-state index in [9.17, 15) is 43.2 Å². The number of unbranched alkanes of at least 4 members (excludes halogenated alkanes) is 41. The summed E-state index contributed by atoms with van der Waals surface area (Å²) in [5, 5.41) is 10.6. The van der Waals surface area contributed by atoms with Gasteiger partial charge in [0.2, 0.25) is 0 Å². The number of ether oxygens (including phenoxy) is 4. The predicted octanol–water partition coefficient (Wildman–Crippen LogP) is 22.7.